The Morgan fingerprint density at radius 2 is 1.72 bits per heavy atom. The third-order valence-electron chi connectivity index (χ3n) is 5.47. The molecule has 1 aliphatic heterocycles. The highest BCUT2D eigenvalue weighted by molar-refractivity contribution is 5.79. The average molecular weight is 390 g/mol. The predicted molar refractivity (Wildman–Crippen MR) is 111 cm³/mol. The summed E-state index contributed by atoms with van der Waals surface area (Å²) in [7, 11) is 0. The van der Waals surface area contributed by atoms with Gasteiger partial charge in [0.1, 0.15) is 0 Å². The number of carbonyl (C=O) groups excluding carboxylic acids is 1. The van der Waals surface area contributed by atoms with Crippen molar-refractivity contribution in [3.05, 3.63) is 71.6 Å². The highest BCUT2D eigenvalue weighted by atomic mass is 16.5. The van der Waals surface area contributed by atoms with Gasteiger partial charge in [0.15, 0.2) is 0 Å². The van der Waals surface area contributed by atoms with Gasteiger partial charge < -0.3 is 9.42 Å². The molecular weight excluding hydrogens is 364 g/mol. The van der Waals surface area contributed by atoms with Gasteiger partial charge in [-0.2, -0.15) is 4.98 Å². The topological polar surface area (TPSA) is 62.5 Å². The summed E-state index contributed by atoms with van der Waals surface area (Å²) in [6.07, 6.45) is 1.20. The number of aromatic nitrogens is 2. The Kier molecular flexibility index (Phi) is 6.00. The summed E-state index contributed by atoms with van der Waals surface area (Å²) in [5.74, 6) is 1.50. The van der Waals surface area contributed by atoms with E-state index in [1.54, 1.807) is 0 Å². The lowest BCUT2D eigenvalue weighted by atomic mass is 10.1. The van der Waals surface area contributed by atoms with Crippen molar-refractivity contribution in [1.82, 2.24) is 19.9 Å². The third kappa shape index (κ3) is 4.90. The molecule has 150 valence electrons. The highest BCUT2D eigenvalue weighted by Crippen LogP contribution is 2.15. The lowest BCUT2D eigenvalue weighted by Crippen LogP contribution is -2.49. The SMILES string of the molecule is Cc1ccccc1CC(=O)N1CCN(CCc2nc(-c3ccccc3)no2)CC1. The van der Waals surface area contributed by atoms with Crippen LogP contribution in [0.5, 0.6) is 0 Å². The first-order chi connectivity index (χ1) is 14.2. The molecular formula is C23H26N4O2. The van der Waals surface area contributed by atoms with E-state index in [1.807, 2.05) is 53.4 Å². The Morgan fingerprint density at radius 1 is 1.00 bits per heavy atom. The number of piperazine rings is 1. The summed E-state index contributed by atoms with van der Waals surface area (Å²) in [5, 5.41) is 4.07. The van der Waals surface area contributed by atoms with Gasteiger partial charge in [0.25, 0.3) is 0 Å². The van der Waals surface area contributed by atoms with E-state index >= 15 is 0 Å². The van der Waals surface area contributed by atoms with Gasteiger partial charge in [0.2, 0.25) is 17.6 Å². The second kappa shape index (κ2) is 9.01. The number of hydrogen-bond donors (Lipinski definition) is 0. The van der Waals surface area contributed by atoms with Crippen molar-refractivity contribution in [1.29, 1.82) is 0 Å². The number of benzene rings is 2. The minimum Gasteiger partial charge on any atom is -0.340 e. The van der Waals surface area contributed by atoms with Gasteiger partial charge in [0, 0.05) is 44.7 Å². The van der Waals surface area contributed by atoms with Crippen molar-refractivity contribution in [3.8, 4) is 11.4 Å². The molecule has 0 spiro atoms. The van der Waals surface area contributed by atoms with Crippen LogP contribution >= 0.6 is 0 Å². The molecule has 0 radical (unpaired) electrons. The van der Waals surface area contributed by atoms with Crippen molar-refractivity contribution >= 4 is 5.91 Å². The number of nitrogens with zero attached hydrogens (tertiary/aromatic N) is 4. The Bertz CT molecular complexity index is 946. The fourth-order valence-electron chi connectivity index (χ4n) is 3.62. The minimum absolute atomic E-state index is 0.211. The highest BCUT2D eigenvalue weighted by Gasteiger charge is 2.22. The molecule has 0 N–H and O–H groups in total. The van der Waals surface area contributed by atoms with Crippen molar-refractivity contribution in [2.24, 2.45) is 0 Å². The van der Waals surface area contributed by atoms with E-state index in [1.165, 1.54) is 5.56 Å². The van der Waals surface area contributed by atoms with Gasteiger partial charge in [-0.3, -0.25) is 9.69 Å². The number of rotatable bonds is 6. The van der Waals surface area contributed by atoms with Gasteiger partial charge in [-0.25, -0.2) is 0 Å². The van der Waals surface area contributed by atoms with E-state index in [9.17, 15) is 4.79 Å². The summed E-state index contributed by atoms with van der Waals surface area (Å²) in [6.45, 7) is 6.20. The smallest absolute Gasteiger partial charge is 0.228 e. The van der Waals surface area contributed by atoms with Crippen LogP contribution < -0.4 is 0 Å². The van der Waals surface area contributed by atoms with Crippen LogP contribution in [0.2, 0.25) is 0 Å². The van der Waals surface area contributed by atoms with Crippen LogP contribution in [0.25, 0.3) is 11.4 Å². The van der Waals surface area contributed by atoms with E-state index in [0.29, 0.717) is 18.1 Å². The predicted octanol–water partition coefficient (Wildman–Crippen LogP) is 2.97. The molecule has 2 heterocycles. The molecule has 1 aromatic heterocycles. The minimum atomic E-state index is 0.211. The number of hydrogen-bond acceptors (Lipinski definition) is 5. The molecule has 6 nitrogen and oxygen atoms in total. The zero-order chi connectivity index (χ0) is 20.1. The molecule has 2 aromatic carbocycles. The Hall–Kier alpha value is -2.99. The molecule has 1 saturated heterocycles. The van der Waals surface area contributed by atoms with Crippen LogP contribution in [-0.2, 0) is 17.6 Å². The first-order valence-corrected chi connectivity index (χ1v) is 10.1. The van der Waals surface area contributed by atoms with E-state index < -0.39 is 0 Å². The summed E-state index contributed by atoms with van der Waals surface area (Å²) < 4.78 is 5.39. The van der Waals surface area contributed by atoms with E-state index in [2.05, 4.69) is 28.0 Å². The molecule has 4 rings (SSSR count). The summed E-state index contributed by atoms with van der Waals surface area (Å²) in [5.41, 5.74) is 3.25. The molecule has 3 aromatic rings. The van der Waals surface area contributed by atoms with Crippen molar-refractivity contribution < 1.29 is 9.32 Å². The zero-order valence-corrected chi connectivity index (χ0v) is 16.8. The Balaban J connectivity index is 1.24. The van der Waals surface area contributed by atoms with Crippen LogP contribution in [0.1, 0.15) is 17.0 Å². The van der Waals surface area contributed by atoms with E-state index in [4.69, 9.17) is 4.52 Å². The average Bonchev–Trinajstić information content (AvgIpc) is 3.24. The standard InChI is InChI=1S/C23H26N4O2/c1-18-7-5-6-10-20(18)17-22(28)27-15-13-26(14-16-27)12-11-21-24-23(25-29-21)19-8-3-2-4-9-19/h2-10H,11-17H2,1H3. The van der Waals surface area contributed by atoms with Crippen LogP contribution in [0.3, 0.4) is 0 Å². The molecule has 1 amide bonds. The van der Waals surface area contributed by atoms with Crippen molar-refractivity contribution in [2.75, 3.05) is 32.7 Å². The molecule has 0 atom stereocenters. The Labute approximate surface area is 171 Å². The second-order valence-corrected chi connectivity index (χ2v) is 7.45. The van der Waals surface area contributed by atoms with E-state index in [-0.39, 0.29) is 5.91 Å². The van der Waals surface area contributed by atoms with Gasteiger partial charge in [-0.05, 0) is 18.1 Å². The van der Waals surface area contributed by atoms with E-state index in [0.717, 1.165) is 50.3 Å². The molecule has 0 bridgehead atoms. The fraction of sp³-hybridized carbons (Fsp3) is 0.348. The van der Waals surface area contributed by atoms with Gasteiger partial charge in [-0.1, -0.05) is 59.8 Å². The van der Waals surface area contributed by atoms with Crippen LogP contribution in [0.15, 0.2) is 59.1 Å². The maximum Gasteiger partial charge on any atom is 0.228 e. The van der Waals surface area contributed by atoms with Crippen molar-refractivity contribution in [2.45, 2.75) is 19.8 Å². The zero-order valence-electron chi connectivity index (χ0n) is 16.8. The largest absolute Gasteiger partial charge is 0.340 e. The van der Waals surface area contributed by atoms with Crippen LogP contribution in [0, 0.1) is 6.92 Å². The second-order valence-electron chi connectivity index (χ2n) is 7.45. The number of carbonyl (C=O) groups is 1. The van der Waals surface area contributed by atoms with Crippen molar-refractivity contribution in [3.63, 3.8) is 0 Å². The van der Waals surface area contributed by atoms with Gasteiger partial charge in [-0.15, -0.1) is 0 Å². The number of aryl methyl sites for hydroxylation is 1. The molecule has 0 unspecified atom stereocenters. The first kappa shape index (κ1) is 19.3. The molecule has 0 aliphatic carbocycles. The summed E-state index contributed by atoms with van der Waals surface area (Å²) in [4.78, 5) is 21.4. The van der Waals surface area contributed by atoms with Crippen LogP contribution in [-0.4, -0.2) is 58.6 Å². The number of amides is 1. The maximum absolute atomic E-state index is 12.6. The lowest BCUT2D eigenvalue weighted by Gasteiger charge is -2.34. The van der Waals surface area contributed by atoms with Gasteiger partial charge >= 0.3 is 0 Å². The fourth-order valence-corrected chi connectivity index (χ4v) is 3.62. The maximum atomic E-state index is 12.6. The monoisotopic (exact) mass is 390 g/mol. The quantitative estimate of drug-likeness (QED) is 0.648. The molecule has 0 saturated carbocycles. The third-order valence-corrected chi connectivity index (χ3v) is 5.47. The Morgan fingerprint density at radius 3 is 2.48 bits per heavy atom. The lowest BCUT2D eigenvalue weighted by molar-refractivity contribution is -0.132. The first-order valence-electron chi connectivity index (χ1n) is 10.1. The van der Waals surface area contributed by atoms with Gasteiger partial charge in [0.05, 0.1) is 6.42 Å². The molecule has 1 aliphatic rings. The molecule has 1 fully saturated rings. The normalized spacial score (nSPS) is 14.9. The summed E-state index contributed by atoms with van der Waals surface area (Å²) >= 11 is 0. The molecule has 29 heavy (non-hydrogen) atoms. The van der Waals surface area contributed by atoms with Crippen LogP contribution in [0.4, 0.5) is 0 Å². The summed E-state index contributed by atoms with van der Waals surface area (Å²) in [6, 6.07) is 17.9. The molecule has 6 heteroatoms.